The van der Waals surface area contributed by atoms with Crippen molar-refractivity contribution in [3.63, 3.8) is 0 Å². The maximum Gasteiger partial charge on any atom is 0.257 e. The molecule has 0 aliphatic carbocycles. The zero-order chi connectivity index (χ0) is 22.5. The molecule has 0 unspecified atom stereocenters. The van der Waals surface area contributed by atoms with Crippen molar-refractivity contribution < 1.29 is 9.59 Å². The van der Waals surface area contributed by atoms with Crippen LogP contribution in [-0.2, 0) is 4.79 Å². The largest absolute Gasteiger partial charge is 0.376 e. The number of nitrogens with one attached hydrogen (secondary N) is 3. The quantitative estimate of drug-likeness (QED) is 0.325. The molecule has 0 saturated carbocycles. The van der Waals surface area contributed by atoms with E-state index in [0.717, 1.165) is 41.9 Å². The molecule has 2 rings (SSSR count). The Bertz CT molecular complexity index is 837. The van der Waals surface area contributed by atoms with Gasteiger partial charge in [0, 0.05) is 28.9 Å². The first-order chi connectivity index (χ1) is 15.0. The third-order valence-electron chi connectivity index (χ3n) is 4.97. The zero-order valence-corrected chi connectivity index (χ0v) is 19.4. The molecule has 1 heterocycles. The number of nitrogens with zero attached hydrogens (tertiary/aromatic N) is 1. The molecule has 5 N–H and O–H groups in total. The van der Waals surface area contributed by atoms with E-state index in [9.17, 15) is 9.59 Å². The molecule has 0 aliphatic rings. The molecule has 7 nitrogen and oxygen atoms in total. The normalized spacial score (nSPS) is 10.7. The van der Waals surface area contributed by atoms with Crippen LogP contribution in [-0.4, -0.2) is 36.4 Å². The van der Waals surface area contributed by atoms with E-state index < -0.39 is 0 Å². The number of anilines is 2. The van der Waals surface area contributed by atoms with E-state index in [1.165, 1.54) is 37.0 Å². The van der Waals surface area contributed by atoms with Crippen LogP contribution >= 0.6 is 11.3 Å². The standard InChI is InChI=1S/C23H35N5O2S/c1-17-14-19(10-11-20(17)22(30)28-23-27-15-18(2)31-23)26-16-21(29)25-13-9-7-5-3-4-6-8-12-24/h10-11,14-15,26H,3-9,12-13,16,24H2,1-2H3,(H,25,29)(H,27,28,30). The molecule has 0 atom stereocenters. The number of aryl methyl sites for hydroxylation is 2. The molecule has 0 fully saturated rings. The fourth-order valence-corrected chi connectivity index (χ4v) is 3.89. The van der Waals surface area contributed by atoms with Gasteiger partial charge in [0.1, 0.15) is 0 Å². The fraction of sp³-hybridized carbons (Fsp3) is 0.522. The molecule has 0 saturated heterocycles. The predicted molar refractivity (Wildman–Crippen MR) is 129 cm³/mol. The SMILES string of the molecule is Cc1cnc(NC(=O)c2ccc(NCC(=O)NCCCCCCCCCN)cc2C)s1. The molecule has 8 heteroatoms. The number of nitrogens with two attached hydrogens (primary N) is 1. The average molecular weight is 446 g/mol. The van der Waals surface area contributed by atoms with Crippen molar-refractivity contribution in [2.75, 3.05) is 30.3 Å². The summed E-state index contributed by atoms with van der Waals surface area (Å²) in [5.74, 6) is -0.211. The minimum Gasteiger partial charge on any atom is -0.376 e. The number of rotatable bonds is 14. The van der Waals surface area contributed by atoms with Crippen molar-refractivity contribution >= 4 is 34.0 Å². The van der Waals surface area contributed by atoms with Crippen LogP contribution in [0.3, 0.4) is 0 Å². The van der Waals surface area contributed by atoms with Gasteiger partial charge in [0.15, 0.2) is 5.13 Å². The molecule has 2 aromatic rings. The Morgan fingerprint density at radius 1 is 1.03 bits per heavy atom. The Kier molecular flexibility index (Phi) is 11.0. The highest BCUT2D eigenvalue weighted by Gasteiger charge is 2.12. The van der Waals surface area contributed by atoms with Crippen LogP contribution < -0.4 is 21.7 Å². The third-order valence-corrected chi connectivity index (χ3v) is 5.80. The van der Waals surface area contributed by atoms with Gasteiger partial charge in [0.05, 0.1) is 6.54 Å². The van der Waals surface area contributed by atoms with Gasteiger partial charge in [-0.3, -0.25) is 14.9 Å². The van der Waals surface area contributed by atoms with E-state index in [0.29, 0.717) is 17.2 Å². The molecule has 2 amide bonds. The van der Waals surface area contributed by atoms with Crippen molar-refractivity contribution in [3.05, 3.63) is 40.4 Å². The summed E-state index contributed by atoms with van der Waals surface area (Å²) in [6, 6.07) is 5.45. The molecule has 170 valence electrons. The maximum atomic E-state index is 12.4. The summed E-state index contributed by atoms with van der Waals surface area (Å²) in [6.07, 6.45) is 9.91. The highest BCUT2D eigenvalue weighted by atomic mass is 32.1. The monoisotopic (exact) mass is 445 g/mol. The minimum atomic E-state index is -0.185. The number of hydrogen-bond donors (Lipinski definition) is 4. The fourth-order valence-electron chi connectivity index (χ4n) is 3.23. The van der Waals surface area contributed by atoms with Gasteiger partial charge in [-0.15, -0.1) is 11.3 Å². The maximum absolute atomic E-state index is 12.4. The predicted octanol–water partition coefficient (Wildman–Crippen LogP) is 4.23. The molecule has 0 spiro atoms. The van der Waals surface area contributed by atoms with E-state index >= 15 is 0 Å². The number of amides is 2. The minimum absolute atomic E-state index is 0.0263. The van der Waals surface area contributed by atoms with Crippen LogP contribution in [0.2, 0.25) is 0 Å². The van der Waals surface area contributed by atoms with Gasteiger partial charge in [-0.25, -0.2) is 4.98 Å². The summed E-state index contributed by atoms with van der Waals surface area (Å²) in [7, 11) is 0. The second-order valence-corrected chi connectivity index (χ2v) is 8.96. The second kappa shape index (κ2) is 13.8. The van der Waals surface area contributed by atoms with Gasteiger partial charge in [-0.1, -0.05) is 32.1 Å². The molecular weight excluding hydrogens is 410 g/mol. The lowest BCUT2D eigenvalue weighted by molar-refractivity contribution is -0.119. The van der Waals surface area contributed by atoms with E-state index in [1.54, 1.807) is 12.3 Å². The Labute approximate surface area is 189 Å². The smallest absolute Gasteiger partial charge is 0.257 e. The van der Waals surface area contributed by atoms with Crippen LogP contribution in [0.15, 0.2) is 24.4 Å². The molecule has 1 aromatic heterocycles. The number of hydrogen-bond acceptors (Lipinski definition) is 6. The van der Waals surface area contributed by atoms with Gasteiger partial charge in [-0.05, 0) is 57.0 Å². The average Bonchev–Trinajstić information content (AvgIpc) is 3.15. The van der Waals surface area contributed by atoms with Gasteiger partial charge >= 0.3 is 0 Å². The zero-order valence-electron chi connectivity index (χ0n) is 18.6. The topological polar surface area (TPSA) is 109 Å². The summed E-state index contributed by atoms with van der Waals surface area (Å²) >= 11 is 1.44. The summed E-state index contributed by atoms with van der Waals surface area (Å²) in [4.78, 5) is 29.7. The van der Waals surface area contributed by atoms with Gasteiger partial charge in [-0.2, -0.15) is 0 Å². The third kappa shape index (κ3) is 9.48. The first kappa shape index (κ1) is 24.8. The van der Waals surface area contributed by atoms with Crippen molar-refractivity contribution in [2.45, 2.75) is 58.8 Å². The van der Waals surface area contributed by atoms with E-state index in [1.807, 2.05) is 26.0 Å². The van der Waals surface area contributed by atoms with E-state index in [2.05, 4.69) is 20.9 Å². The number of carbonyl (C=O) groups is 2. The number of benzene rings is 1. The highest BCUT2D eigenvalue weighted by Crippen LogP contribution is 2.20. The van der Waals surface area contributed by atoms with Crippen LogP contribution in [0.5, 0.6) is 0 Å². The molecule has 31 heavy (non-hydrogen) atoms. The highest BCUT2D eigenvalue weighted by molar-refractivity contribution is 7.15. The van der Waals surface area contributed by atoms with Crippen LogP contribution in [0.4, 0.5) is 10.8 Å². The lowest BCUT2D eigenvalue weighted by Gasteiger charge is -2.11. The van der Waals surface area contributed by atoms with Crippen LogP contribution in [0.25, 0.3) is 0 Å². The number of thiazole rings is 1. The summed E-state index contributed by atoms with van der Waals surface area (Å²) in [5.41, 5.74) is 7.72. The van der Waals surface area contributed by atoms with Crippen molar-refractivity contribution in [2.24, 2.45) is 5.73 Å². The van der Waals surface area contributed by atoms with Crippen LogP contribution in [0.1, 0.15) is 65.7 Å². The lowest BCUT2D eigenvalue weighted by atomic mass is 10.1. The first-order valence-corrected chi connectivity index (χ1v) is 11.9. The molecule has 1 aromatic carbocycles. The van der Waals surface area contributed by atoms with Crippen molar-refractivity contribution in [1.82, 2.24) is 10.3 Å². The first-order valence-electron chi connectivity index (χ1n) is 11.0. The van der Waals surface area contributed by atoms with Crippen molar-refractivity contribution in [3.8, 4) is 0 Å². The Hall–Kier alpha value is -2.45. The lowest BCUT2D eigenvalue weighted by Crippen LogP contribution is -2.30. The van der Waals surface area contributed by atoms with Crippen LogP contribution in [0, 0.1) is 13.8 Å². The number of aromatic nitrogens is 1. The Morgan fingerprint density at radius 3 is 2.39 bits per heavy atom. The molecule has 0 radical (unpaired) electrons. The number of unbranched alkanes of at least 4 members (excludes halogenated alkanes) is 6. The second-order valence-electron chi connectivity index (χ2n) is 7.73. The summed E-state index contributed by atoms with van der Waals surface area (Å²) in [5, 5.41) is 9.48. The van der Waals surface area contributed by atoms with E-state index in [4.69, 9.17) is 5.73 Å². The molecule has 0 aliphatic heterocycles. The van der Waals surface area contributed by atoms with Gasteiger partial charge in [0.25, 0.3) is 5.91 Å². The number of carbonyl (C=O) groups excluding carboxylic acids is 2. The Balaban J connectivity index is 1.65. The molecular formula is C23H35N5O2S. The summed E-state index contributed by atoms with van der Waals surface area (Å²) in [6.45, 7) is 5.52. The summed E-state index contributed by atoms with van der Waals surface area (Å²) < 4.78 is 0. The van der Waals surface area contributed by atoms with Gasteiger partial charge in [0.2, 0.25) is 5.91 Å². The molecule has 0 bridgehead atoms. The Morgan fingerprint density at radius 2 is 1.74 bits per heavy atom. The van der Waals surface area contributed by atoms with Crippen molar-refractivity contribution in [1.29, 1.82) is 0 Å². The van der Waals surface area contributed by atoms with E-state index in [-0.39, 0.29) is 18.4 Å². The van der Waals surface area contributed by atoms with Gasteiger partial charge < -0.3 is 16.4 Å².